The van der Waals surface area contributed by atoms with E-state index in [0.29, 0.717) is 3.89 Å². The van der Waals surface area contributed by atoms with Crippen LogP contribution in [-0.2, 0) is 0 Å². The van der Waals surface area contributed by atoms with E-state index in [1.54, 1.807) is 12.4 Å². The zero-order valence-electron chi connectivity index (χ0n) is 4.80. The second-order valence-corrected chi connectivity index (χ2v) is 3.06. The number of hydrogen-bond acceptors (Lipinski definition) is 1. The lowest BCUT2D eigenvalue weighted by Gasteiger charge is -1.70. The van der Waals surface area contributed by atoms with Gasteiger partial charge in [-0.25, -0.2) is 0 Å². The molecule has 0 unspecified atom stereocenters. The van der Waals surface area contributed by atoms with Crippen molar-refractivity contribution in [2.24, 2.45) is 0 Å². The van der Waals surface area contributed by atoms with Crippen molar-refractivity contribution in [3.05, 3.63) is 30.6 Å². The molecule has 0 spiro atoms. The summed E-state index contributed by atoms with van der Waals surface area (Å²) in [4.78, 5) is 3.78. The van der Waals surface area contributed by atoms with E-state index in [2.05, 4.69) is 27.6 Å². The molecule has 0 saturated carbocycles. The summed E-state index contributed by atoms with van der Waals surface area (Å²) in [5, 5.41) is 0. The van der Waals surface area contributed by atoms with Gasteiger partial charge in [-0.15, -0.1) is 11.6 Å². The molecule has 1 nitrogen and oxygen atoms in total. The van der Waals surface area contributed by atoms with E-state index >= 15 is 0 Å². The second-order valence-electron chi connectivity index (χ2n) is 1.13. The standard InChI is InChI=1S/C5H5N.CH2ClI/c1-2-4-6-5-3-1;2-1-3/h1-5H;1H2. The van der Waals surface area contributed by atoms with Gasteiger partial charge in [0, 0.05) is 12.4 Å². The topological polar surface area (TPSA) is 12.9 Å². The summed E-state index contributed by atoms with van der Waals surface area (Å²) < 4.78 is 0.692. The van der Waals surface area contributed by atoms with Crippen LogP contribution in [0.3, 0.4) is 0 Å². The molecule has 1 aromatic rings. The van der Waals surface area contributed by atoms with Crippen LogP contribution in [0.4, 0.5) is 0 Å². The Hall–Kier alpha value is 0.170. The van der Waals surface area contributed by atoms with Crippen molar-refractivity contribution in [3.8, 4) is 0 Å². The van der Waals surface area contributed by atoms with Gasteiger partial charge in [-0.2, -0.15) is 0 Å². The Morgan fingerprint density at radius 1 is 1.22 bits per heavy atom. The maximum Gasteiger partial charge on any atom is 0.0742 e. The van der Waals surface area contributed by atoms with Crippen molar-refractivity contribution in [1.29, 1.82) is 0 Å². The number of hydrogen-bond donors (Lipinski definition) is 0. The minimum absolute atomic E-state index is 0.692. The summed E-state index contributed by atoms with van der Waals surface area (Å²) in [7, 11) is 0. The quantitative estimate of drug-likeness (QED) is 0.513. The minimum atomic E-state index is 0.692. The van der Waals surface area contributed by atoms with E-state index in [1.165, 1.54) is 0 Å². The van der Waals surface area contributed by atoms with E-state index < -0.39 is 0 Å². The van der Waals surface area contributed by atoms with E-state index in [1.807, 2.05) is 18.2 Å². The van der Waals surface area contributed by atoms with Crippen molar-refractivity contribution >= 4 is 34.2 Å². The van der Waals surface area contributed by atoms with Crippen LogP contribution < -0.4 is 0 Å². The first-order valence-electron chi connectivity index (χ1n) is 2.38. The largest absolute Gasteiger partial charge is 0.265 e. The molecule has 1 aromatic heterocycles. The summed E-state index contributed by atoms with van der Waals surface area (Å²) in [6.07, 6.45) is 3.50. The van der Waals surface area contributed by atoms with Crippen LogP contribution in [-0.4, -0.2) is 8.87 Å². The monoisotopic (exact) mass is 255 g/mol. The highest BCUT2D eigenvalue weighted by Gasteiger charge is 1.58. The normalized spacial score (nSPS) is 7.33. The zero-order chi connectivity index (χ0) is 6.95. The fraction of sp³-hybridized carbons (Fsp3) is 0.167. The van der Waals surface area contributed by atoms with Crippen LogP contribution in [0.15, 0.2) is 30.6 Å². The highest BCUT2D eigenvalue weighted by atomic mass is 127. The molecule has 0 bridgehead atoms. The number of nitrogens with zero attached hydrogens (tertiary/aromatic N) is 1. The fourth-order valence-electron chi connectivity index (χ4n) is 0.313. The highest BCUT2D eigenvalue weighted by molar-refractivity contribution is 14.1. The number of halogens is 2. The van der Waals surface area contributed by atoms with Gasteiger partial charge >= 0.3 is 0 Å². The average molecular weight is 255 g/mol. The molecule has 0 aliphatic carbocycles. The third-order valence-electron chi connectivity index (χ3n) is 0.566. The Morgan fingerprint density at radius 3 is 1.78 bits per heavy atom. The summed E-state index contributed by atoms with van der Waals surface area (Å²) in [5.74, 6) is 0. The van der Waals surface area contributed by atoms with Gasteiger partial charge in [0.2, 0.25) is 0 Å². The minimum Gasteiger partial charge on any atom is -0.265 e. The molecule has 3 heteroatoms. The Labute approximate surface area is 73.6 Å². The first-order valence-corrected chi connectivity index (χ1v) is 4.44. The van der Waals surface area contributed by atoms with E-state index in [4.69, 9.17) is 11.6 Å². The molecule has 0 amide bonds. The van der Waals surface area contributed by atoms with Gasteiger partial charge in [0.15, 0.2) is 0 Å². The molecular formula is C6H7ClIN. The molecule has 0 aliphatic rings. The summed E-state index contributed by atoms with van der Waals surface area (Å²) in [6.45, 7) is 0. The molecule has 0 aliphatic heterocycles. The van der Waals surface area contributed by atoms with Gasteiger partial charge in [0.25, 0.3) is 0 Å². The van der Waals surface area contributed by atoms with Gasteiger partial charge in [0.05, 0.1) is 3.89 Å². The third-order valence-corrected chi connectivity index (χ3v) is 0.566. The van der Waals surface area contributed by atoms with Crippen LogP contribution in [0, 0.1) is 0 Å². The van der Waals surface area contributed by atoms with Crippen LogP contribution in [0.25, 0.3) is 0 Å². The zero-order valence-corrected chi connectivity index (χ0v) is 7.71. The van der Waals surface area contributed by atoms with Gasteiger partial charge in [-0.05, 0) is 12.1 Å². The maximum absolute atomic E-state index is 4.99. The smallest absolute Gasteiger partial charge is 0.0742 e. The first kappa shape index (κ1) is 9.17. The predicted octanol–water partition coefficient (Wildman–Crippen LogP) is 2.70. The molecule has 0 fully saturated rings. The number of rotatable bonds is 0. The lowest BCUT2D eigenvalue weighted by Crippen LogP contribution is -1.58. The van der Waals surface area contributed by atoms with Crippen LogP contribution in [0.5, 0.6) is 0 Å². The molecule has 0 radical (unpaired) electrons. The fourth-order valence-corrected chi connectivity index (χ4v) is 0.313. The summed E-state index contributed by atoms with van der Waals surface area (Å²) >= 11 is 7.04. The van der Waals surface area contributed by atoms with Gasteiger partial charge in [-0.1, -0.05) is 28.7 Å². The summed E-state index contributed by atoms with van der Waals surface area (Å²) in [6, 6.07) is 5.72. The lowest BCUT2D eigenvalue weighted by molar-refractivity contribution is 1.33. The maximum atomic E-state index is 4.99. The first-order chi connectivity index (χ1) is 4.41. The number of pyridine rings is 1. The molecule has 0 saturated heterocycles. The van der Waals surface area contributed by atoms with Crippen molar-refractivity contribution in [2.45, 2.75) is 0 Å². The summed E-state index contributed by atoms with van der Waals surface area (Å²) in [5.41, 5.74) is 0. The Morgan fingerprint density at radius 2 is 1.67 bits per heavy atom. The van der Waals surface area contributed by atoms with Crippen molar-refractivity contribution < 1.29 is 0 Å². The van der Waals surface area contributed by atoms with Crippen LogP contribution in [0.1, 0.15) is 0 Å². The van der Waals surface area contributed by atoms with E-state index in [9.17, 15) is 0 Å². The Kier molecular flexibility index (Phi) is 8.32. The van der Waals surface area contributed by atoms with Crippen LogP contribution in [0.2, 0.25) is 0 Å². The van der Waals surface area contributed by atoms with Crippen molar-refractivity contribution in [3.63, 3.8) is 0 Å². The SMILES string of the molecule is ClCI.c1ccncc1. The molecule has 50 valence electrons. The lowest BCUT2D eigenvalue weighted by atomic mass is 10.5. The number of alkyl halides is 2. The number of aromatic nitrogens is 1. The Balaban J connectivity index is 0.000000187. The molecule has 9 heavy (non-hydrogen) atoms. The highest BCUT2D eigenvalue weighted by Crippen LogP contribution is 1.80. The second kappa shape index (κ2) is 8.17. The van der Waals surface area contributed by atoms with Gasteiger partial charge < -0.3 is 0 Å². The molecule has 0 aromatic carbocycles. The van der Waals surface area contributed by atoms with Crippen molar-refractivity contribution in [2.75, 3.05) is 3.89 Å². The van der Waals surface area contributed by atoms with Crippen molar-refractivity contribution in [1.82, 2.24) is 4.98 Å². The predicted molar refractivity (Wildman–Crippen MR) is 49.0 cm³/mol. The molecule has 0 atom stereocenters. The molecular weight excluding hydrogens is 248 g/mol. The van der Waals surface area contributed by atoms with Crippen LogP contribution >= 0.6 is 34.2 Å². The molecule has 1 heterocycles. The third kappa shape index (κ3) is 8.17. The molecule has 1 rings (SSSR count). The van der Waals surface area contributed by atoms with Gasteiger partial charge in [0.1, 0.15) is 0 Å². The van der Waals surface area contributed by atoms with Gasteiger partial charge in [-0.3, -0.25) is 4.98 Å². The van der Waals surface area contributed by atoms with E-state index in [-0.39, 0.29) is 0 Å². The van der Waals surface area contributed by atoms with E-state index in [0.717, 1.165) is 0 Å². The molecule has 0 N–H and O–H groups in total. The average Bonchev–Trinajstić information content (AvgIpc) is 1.93. The Bertz CT molecular complexity index is 95.9.